The van der Waals surface area contributed by atoms with E-state index in [2.05, 4.69) is 5.32 Å². The molecule has 0 bridgehead atoms. The highest BCUT2D eigenvalue weighted by molar-refractivity contribution is 5.97. The number of hydrogen-bond donors (Lipinski definition) is 1. The van der Waals surface area contributed by atoms with Crippen molar-refractivity contribution in [2.45, 2.75) is 33.4 Å². The Kier molecular flexibility index (Phi) is 6.99. The molecule has 1 atom stereocenters. The summed E-state index contributed by atoms with van der Waals surface area (Å²) >= 11 is 0. The van der Waals surface area contributed by atoms with Crippen molar-refractivity contribution in [2.75, 3.05) is 14.2 Å². The SMILES string of the molecule is COc1cccc(CN(C)C(=O)[C@H](NC(=O)c2ccc(C)cc2)C(C)C)c1. The molecule has 0 heterocycles. The summed E-state index contributed by atoms with van der Waals surface area (Å²) in [4.78, 5) is 27.1. The van der Waals surface area contributed by atoms with Crippen LogP contribution in [0.1, 0.15) is 35.3 Å². The zero-order valence-corrected chi connectivity index (χ0v) is 16.7. The first-order chi connectivity index (χ1) is 12.8. The predicted octanol–water partition coefficient (Wildman–Crippen LogP) is 3.42. The van der Waals surface area contributed by atoms with Crippen LogP contribution in [-0.2, 0) is 11.3 Å². The highest BCUT2D eigenvalue weighted by Crippen LogP contribution is 2.15. The number of amides is 2. The van der Waals surface area contributed by atoms with Gasteiger partial charge in [0, 0.05) is 19.2 Å². The molecule has 27 heavy (non-hydrogen) atoms. The number of benzene rings is 2. The quantitative estimate of drug-likeness (QED) is 0.815. The second-order valence-electron chi connectivity index (χ2n) is 7.11. The predicted molar refractivity (Wildman–Crippen MR) is 107 cm³/mol. The highest BCUT2D eigenvalue weighted by atomic mass is 16.5. The summed E-state index contributed by atoms with van der Waals surface area (Å²) in [7, 11) is 3.36. The van der Waals surface area contributed by atoms with Crippen LogP contribution in [0.4, 0.5) is 0 Å². The van der Waals surface area contributed by atoms with E-state index in [0.717, 1.165) is 16.9 Å². The molecular weight excluding hydrogens is 340 g/mol. The van der Waals surface area contributed by atoms with Gasteiger partial charge in [-0.1, -0.05) is 43.7 Å². The summed E-state index contributed by atoms with van der Waals surface area (Å²) in [5.74, 6) is 0.367. The Morgan fingerprint density at radius 2 is 1.78 bits per heavy atom. The molecule has 1 N–H and O–H groups in total. The van der Waals surface area contributed by atoms with E-state index in [-0.39, 0.29) is 17.7 Å². The van der Waals surface area contributed by atoms with Crippen LogP contribution >= 0.6 is 0 Å². The van der Waals surface area contributed by atoms with E-state index in [1.807, 2.05) is 57.2 Å². The molecular formula is C22H28N2O3. The number of hydrogen-bond acceptors (Lipinski definition) is 3. The van der Waals surface area contributed by atoms with E-state index in [1.165, 1.54) is 0 Å². The Labute approximate surface area is 161 Å². The van der Waals surface area contributed by atoms with Gasteiger partial charge >= 0.3 is 0 Å². The van der Waals surface area contributed by atoms with Crippen molar-refractivity contribution < 1.29 is 14.3 Å². The summed E-state index contributed by atoms with van der Waals surface area (Å²) in [6.45, 7) is 6.27. The summed E-state index contributed by atoms with van der Waals surface area (Å²) in [5, 5.41) is 2.89. The molecule has 0 aliphatic rings. The average molecular weight is 368 g/mol. The van der Waals surface area contributed by atoms with E-state index < -0.39 is 6.04 Å². The minimum atomic E-state index is -0.589. The Morgan fingerprint density at radius 3 is 2.37 bits per heavy atom. The molecule has 0 radical (unpaired) electrons. The van der Waals surface area contributed by atoms with Crippen LogP contribution in [0.25, 0.3) is 0 Å². The molecule has 0 fully saturated rings. The van der Waals surface area contributed by atoms with Gasteiger partial charge in [-0.25, -0.2) is 0 Å². The lowest BCUT2D eigenvalue weighted by Gasteiger charge is -2.27. The second-order valence-corrected chi connectivity index (χ2v) is 7.11. The number of nitrogens with one attached hydrogen (secondary N) is 1. The van der Waals surface area contributed by atoms with Crippen LogP contribution in [0.15, 0.2) is 48.5 Å². The largest absolute Gasteiger partial charge is 0.497 e. The van der Waals surface area contributed by atoms with E-state index >= 15 is 0 Å². The van der Waals surface area contributed by atoms with Crippen molar-refractivity contribution in [3.05, 3.63) is 65.2 Å². The third kappa shape index (κ3) is 5.58. The van der Waals surface area contributed by atoms with Crippen molar-refractivity contribution in [1.29, 1.82) is 0 Å². The zero-order valence-electron chi connectivity index (χ0n) is 16.7. The van der Waals surface area contributed by atoms with Crippen molar-refractivity contribution in [3.63, 3.8) is 0 Å². The molecule has 5 heteroatoms. The Bertz CT molecular complexity index is 784. The molecule has 0 aliphatic carbocycles. The first-order valence-electron chi connectivity index (χ1n) is 9.07. The van der Waals surface area contributed by atoms with Gasteiger partial charge in [-0.05, 0) is 42.7 Å². The lowest BCUT2D eigenvalue weighted by Crippen LogP contribution is -2.50. The molecule has 0 aliphatic heterocycles. The molecule has 2 aromatic carbocycles. The van der Waals surface area contributed by atoms with Crippen molar-refractivity contribution in [2.24, 2.45) is 5.92 Å². The molecule has 2 rings (SSSR count). The van der Waals surface area contributed by atoms with Crippen LogP contribution in [-0.4, -0.2) is 36.9 Å². The van der Waals surface area contributed by atoms with Crippen molar-refractivity contribution in [1.82, 2.24) is 10.2 Å². The Hall–Kier alpha value is -2.82. The summed E-state index contributed by atoms with van der Waals surface area (Å²) in [6.07, 6.45) is 0. The van der Waals surface area contributed by atoms with E-state index in [0.29, 0.717) is 12.1 Å². The molecule has 0 spiro atoms. The lowest BCUT2D eigenvalue weighted by atomic mass is 10.0. The van der Waals surface area contributed by atoms with E-state index in [9.17, 15) is 9.59 Å². The molecule has 0 unspecified atom stereocenters. The number of aryl methyl sites for hydroxylation is 1. The van der Waals surface area contributed by atoms with Crippen LogP contribution in [0.3, 0.4) is 0 Å². The maximum absolute atomic E-state index is 12.9. The first kappa shape index (κ1) is 20.5. The number of rotatable bonds is 7. The maximum Gasteiger partial charge on any atom is 0.251 e. The Morgan fingerprint density at radius 1 is 1.11 bits per heavy atom. The minimum absolute atomic E-state index is 0.0281. The van der Waals surface area contributed by atoms with Gasteiger partial charge in [-0.3, -0.25) is 9.59 Å². The topological polar surface area (TPSA) is 58.6 Å². The fourth-order valence-electron chi connectivity index (χ4n) is 2.80. The van der Waals surface area contributed by atoms with Crippen molar-refractivity contribution >= 4 is 11.8 Å². The van der Waals surface area contributed by atoms with Crippen LogP contribution in [0.2, 0.25) is 0 Å². The van der Waals surface area contributed by atoms with Crippen LogP contribution in [0.5, 0.6) is 5.75 Å². The normalized spacial score (nSPS) is 11.8. The Balaban J connectivity index is 2.08. The number of nitrogens with zero attached hydrogens (tertiary/aromatic N) is 1. The standard InChI is InChI=1S/C22H28N2O3/c1-15(2)20(23-21(25)18-11-9-16(3)10-12-18)22(26)24(4)14-17-7-6-8-19(13-17)27-5/h6-13,15,20H,14H2,1-5H3,(H,23,25)/t20-/m1/s1. The van der Waals surface area contributed by atoms with Gasteiger partial charge in [0.15, 0.2) is 0 Å². The molecule has 0 saturated carbocycles. The molecule has 0 aromatic heterocycles. The van der Waals surface area contributed by atoms with Gasteiger partial charge in [0.25, 0.3) is 5.91 Å². The number of methoxy groups -OCH3 is 1. The van der Waals surface area contributed by atoms with Gasteiger partial charge in [-0.15, -0.1) is 0 Å². The second kappa shape index (κ2) is 9.21. The van der Waals surface area contributed by atoms with Gasteiger partial charge < -0.3 is 15.0 Å². The van der Waals surface area contributed by atoms with Crippen LogP contribution in [0, 0.1) is 12.8 Å². The van der Waals surface area contributed by atoms with Gasteiger partial charge in [0.05, 0.1) is 7.11 Å². The number of likely N-dealkylation sites (N-methyl/N-ethyl adjacent to an activating group) is 1. The van der Waals surface area contributed by atoms with Crippen molar-refractivity contribution in [3.8, 4) is 5.75 Å². The molecule has 2 amide bonds. The fraction of sp³-hybridized carbons (Fsp3) is 0.364. The smallest absolute Gasteiger partial charge is 0.251 e. The lowest BCUT2D eigenvalue weighted by molar-refractivity contribution is -0.133. The fourth-order valence-corrected chi connectivity index (χ4v) is 2.80. The summed E-state index contributed by atoms with van der Waals surface area (Å²) in [6, 6.07) is 14.3. The third-order valence-electron chi connectivity index (χ3n) is 4.46. The van der Waals surface area contributed by atoms with Gasteiger partial charge in [-0.2, -0.15) is 0 Å². The minimum Gasteiger partial charge on any atom is -0.497 e. The number of carbonyl (C=O) groups is 2. The zero-order chi connectivity index (χ0) is 20.0. The van der Waals surface area contributed by atoms with E-state index in [1.54, 1.807) is 31.2 Å². The summed E-state index contributed by atoms with van der Waals surface area (Å²) in [5.41, 5.74) is 2.60. The summed E-state index contributed by atoms with van der Waals surface area (Å²) < 4.78 is 5.23. The van der Waals surface area contributed by atoms with Crippen LogP contribution < -0.4 is 10.1 Å². The molecule has 0 saturated heterocycles. The molecule has 2 aromatic rings. The highest BCUT2D eigenvalue weighted by Gasteiger charge is 2.27. The molecule has 5 nitrogen and oxygen atoms in total. The monoisotopic (exact) mass is 368 g/mol. The maximum atomic E-state index is 12.9. The van der Waals surface area contributed by atoms with E-state index in [4.69, 9.17) is 4.74 Å². The van der Waals surface area contributed by atoms with Gasteiger partial charge in [0.1, 0.15) is 11.8 Å². The first-order valence-corrected chi connectivity index (χ1v) is 9.07. The molecule has 144 valence electrons. The number of carbonyl (C=O) groups excluding carboxylic acids is 2. The van der Waals surface area contributed by atoms with Gasteiger partial charge in [0.2, 0.25) is 5.91 Å². The number of ether oxygens (including phenoxy) is 1. The third-order valence-corrected chi connectivity index (χ3v) is 4.46. The average Bonchev–Trinajstić information content (AvgIpc) is 2.65.